The Bertz CT molecular complexity index is 572. The van der Waals surface area contributed by atoms with Gasteiger partial charge in [0.1, 0.15) is 17.6 Å². The van der Waals surface area contributed by atoms with Crippen molar-refractivity contribution in [2.45, 2.75) is 33.3 Å². The standard InChI is InChI=1S/C16H18FNO/c1-10-7-11(2)13(12(3)8-10)9-15(19)16-14(17)5-4-6-18-16/h4-8,15,19H,9H2,1-3H3. The Morgan fingerprint density at radius 1 is 1.21 bits per heavy atom. The van der Waals surface area contributed by atoms with E-state index < -0.39 is 11.9 Å². The number of hydrogen-bond acceptors (Lipinski definition) is 2. The number of aromatic nitrogens is 1. The van der Waals surface area contributed by atoms with E-state index in [4.69, 9.17) is 0 Å². The maximum atomic E-state index is 13.6. The summed E-state index contributed by atoms with van der Waals surface area (Å²) in [6.45, 7) is 6.06. The minimum absolute atomic E-state index is 0.113. The largest absolute Gasteiger partial charge is 0.386 e. The van der Waals surface area contributed by atoms with E-state index in [0.29, 0.717) is 6.42 Å². The van der Waals surface area contributed by atoms with E-state index in [1.807, 2.05) is 20.8 Å². The number of rotatable bonds is 3. The molecule has 0 aliphatic carbocycles. The zero-order valence-electron chi connectivity index (χ0n) is 11.4. The first-order valence-electron chi connectivity index (χ1n) is 6.34. The highest BCUT2D eigenvalue weighted by atomic mass is 19.1. The average molecular weight is 259 g/mol. The predicted octanol–water partition coefficient (Wildman–Crippen LogP) is 3.42. The molecule has 2 rings (SSSR count). The van der Waals surface area contributed by atoms with E-state index in [-0.39, 0.29) is 5.69 Å². The number of aryl methyl sites for hydroxylation is 3. The first kappa shape index (κ1) is 13.7. The molecule has 0 amide bonds. The molecule has 3 heteroatoms. The summed E-state index contributed by atoms with van der Waals surface area (Å²) in [6, 6.07) is 6.99. The smallest absolute Gasteiger partial charge is 0.147 e. The summed E-state index contributed by atoms with van der Waals surface area (Å²) >= 11 is 0. The van der Waals surface area contributed by atoms with Gasteiger partial charge in [-0.05, 0) is 49.6 Å². The summed E-state index contributed by atoms with van der Waals surface area (Å²) in [5.74, 6) is -0.461. The molecule has 1 aromatic carbocycles. The zero-order valence-corrected chi connectivity index (χ0v) is 11.4. The van der Waals surface area contributed by atoms with Crippen LogP contribution in [0.15, 0.2) is 30.5 Å². The third-order valence-electron chi connectivity index (χ3n) is 3.34. The van der Waals surface area contributed by atoms with E-state index in [0.717, 1.165) is 16.7 Å². The molecular weight excluding hydrogens is 241 g/mol. The van der Waals surface area contributed by atoms with Crippen LogP contribution in [0.4, 0.5) is 4.39 Å². The molecule has 1 N–H and O–H groups in total. The number of pyridine rings is 1. The van der Waals surface area contributed by atoms with Crippen LogP contribution in [0.25, 0.3) is 0 Å². The monoisotopic (exact) mass is 259 g/mol. The molecule has 0 radical (unpaired) electrons. The lowest BCUT2D eigenvalue weighted by Crippen LogP contribution is -2.09. The van der Waals surface area contributed by atoms with Gasteiger partial charge in [0.2, 0.25) is 0 Å². The number of aliphatic hydroxyl groups is 1. The van der Waals surface area contributed by atoms with Crippen LogP contribution in [0.1, 0.15) is 34.1 Å². The second-order valence-electron chi connectivity index (χ2n) is 4.97. The van der Waals surface area contributed by atoms with Gasteiger partial charge in [0.25, 0.3) is 0 Å². The summed E-state index contributed by atoms with van der Waals surface area (Å²) in [4.78, 5) is 3.93. The van der Waals surface area contributed by atoms with Crippen molar-refractivity contribution in [1.29, 1.82) is 0 Å². The van der Waals surface area contributed by atoms with Crippen molar-refractivity contribution in [1.82, 2.24) is 4.98 Å². The second kappa shape index (κ2) is 5.49. The van der Waals surface area contributed by atoms with E-state index in [2.05, 4.69) is 17.1 Å². The minimum atomic E-state index is -0.915. The van der Waals surface area contributed by atoms with Crippen molar-refractivity contribution in [3.63, 3.8) is 0 Å². The normalized spacial score (nSPS) is 12.5. The molecule has 0 fully saturated rings. The molecule has 1 unspecified atom stereocenters. The molecule has 0 saturated heterocycles. The molecule has 1 atom stereocenters. The molecule has 0 aliphatic rings. The van der Waals surface area contributed by atoms with Gasteiger partial charge in [-0.2, -0.15) is 0 Å². The highest BCUT2D eigenvalue weighted by molar-refractivity contribution is 5.38. The molecule has 2 aromatic rings. The maximum Gasteiger partial charge on any atom is 0.147 e. The molecule has 0 saturated carbocycles. The van der Waals surface area contributed by atoms with E-state index >= 15 is 0 Å². The lowest BCUT2D eigenvalue weighted by molar-refractivity contribution is 0.168. The highest BCUT2D eigenvalue weighted by Gasteiger charge is 2.16. The van der Waals surface area contributed by atoms with E-state index in [1.165, 1.54) is 23.9 Å². The fourth-order valence-electron chi connectivity index (χ4n) is 2.47. The van der Waals surface area contributed by atoms with Crippen molar-refractivity contribution in [2.75, 3.05) is 0 Å². The number of nitrogens with zero attached hydrogens (tertiary/aromatic N) is 1. The number of benzene rings is 1. The van der Waals surface area contributed by atoms with Gasteiger partial charge in [0.15, 0.2) is 0 Å². The minimum Gasteiger partial charge on any atom is -0.386 e. The fourth-order valence-corrected chi connectivity index (χ4v) is 2.47. The van der Waals surface area contributed by atoms with Gasteiger partial charge in [-0.3, -0.25) is 4.98 Å². The van der Waals surface area contributed by atoms with Crippen LogP contribution < -0.4 is 0 Å². The van der Waals surface area contributed by atoms with Crippen molar-refractivity contribution < 1.29 is 9.50 Å². The summed E-state index contributed by atoms with van der Waals surface area (Å²) in [6.07, 6.45) is 0.962. The molecule has 100 valence electrons. The van der Waals surface area contributed by atoms with Crippen molar-refractivity contribution in [3.05, 3.63) is 64.2 Å². The molecule has 0 spiro atoms. The molecule has 19 heavy (non-hydrogen) atoms. The van der Waals surface area contributed by atoms with Crippen LogP contribution in [-0.2, 0) is 6.42 Å². The lowest BCUT2D eigenvalue weighted by atomic mass is 9.94. The van der Waals surface area contributed by atoms with Gasteiger partial charge < -0.3 is 5.11 Å². The molecule has 2 nitrogen and oxygen atoms in total. The van der Waals surface area contributed by atoms with Gasteiger partial charge in [0.05, 0.1) is 0 Å². The molecule has 1 aromatic heterocycles. The Kier molecular flexibility index (Phi) is 3.96. The summed E-state index contributed by atoms with van der Waals surface area (Å²) in [5, 5.41) is 10.2. The fraction of sp³-hybridized carbons (Fsp3) is 0.312. The van der Waals surface area contributed by atoms with Gasteiger partial charge in [-0.1, -0.05) is 17.7 Å². The Balaban J connectivity index is 2.29. The Morgan fingerprint density at radius 3 is 2.42 bits per heavy atom. The topological polar surface area (TPSA) is 33.1 Å². The van der Waals surface area contributed by atoms with Crippen molar-refractivity contribution in [2.24, 2.45) is 0 Å². The predicted molar refractivity (Wildman–Crippen MR) is 73.5 cm³/mol. The SMILES string of the molecule is Cc1cc(C)c(CC(O)c2ncccc2F)c(C)c1. The maximum absolute atomic E-state index is 13.6. The molecule has 0 bridgehead atoms. The quantitative estimate of drug-likeness (QED) is 0.916. The number of hydrogen-bond donors (Lipinski definition) is 1. The van der Waals surface area contributed by atoms with Crippen LogP contribution >= 0.6 is 0 Å². The zero-order chi connectivity index (χ0) is 14.0. The third kappa shape index (κ3) is 2.99. The number of aliphatic hydroxyl groups excluding tert-OH is 1. The average Bonchev–Trinajstić information content (AvgIpc) is 2.34. The Hall–Kier alpha value is -1.74. The van der Waals surface area contributed by atoms with Crippen LogP contribution in [-0.4, -0.2) is 10.1 Å². The van der Waals surface area contributed by atoms with Crippen LogP contribution in [0.5, 0.6) is 0 Å². The Labute approximate surface area is 112 Å². The lowest BCUT2D eigenvalue weighted by Gasteiger charge is -2.15. The van der Waals surface area contributed by atoms with Gasteiger partial charge >= 0.3 is 0 Å². The first-order valence-corrected chi connectivity index (χ1v) is 6.34. The molecule has 0 aliphatic heterocycles. The summed E-state index contributed by atoms with van der Waals surface area (Å²) in [5.41, 5.74) is 4.60. The second-order valence-corrected chi connectivity index (χ2v) is 4.97. The van der Waals surface area contributed by atoms with Gasteiger partial charge in [-0.15, -0.1) is 0 Å². The van der Waals surface area contributed by atoms with Crippen molar-refractivity contribution in [3.8, 4) is 0 Å². The third-order valence-corrected chi connectivity index (χ3v) is 3.34. The summed E-state index contributed by atoms with van der Waals surface area (Å²) < 4.78 is 13.6. The van der Waals surface area contributed by atoms with E-state index in [1.54, 1.807) is 0 Å². The van der Waals surface area contributed by atoms with Gasteiger partial charge in [0, 0.05) is 12.6 Å². The summed E-state index contributed by atoms with van der Waals surface area (Å²) in [7, 11) is 0. The molecule has 1 heterocycles. The number of halogens is 1. The van der Waals surface area contributed by atoms with Crippen molar-refractivity contribution >= 4 is 0 Å². The van der Waals surface area contributed by atoms with Gasteiger partial charge in [-0.25, -0.2) is 4.39 Å². The van der Waals surface area contributed by atoms with E-state index in [9.17, 15) is 9.50 Å². The first-order chi connectivity index (χ1) is 8.99. The van der Waals surface area contributed by atoms with Crippen LogP contribution in [0.2, 0.25) is 0 Å². The molecular formula is C16H18FNO. The highest BCUT2D eigenvalue weighted by Crippen LogP contribution is 2.24. The Morgan fingerprint density at radius 2 is 1.84 bits per heavy atom. The van der Waals surface area contributed by atoms with Crippen LogP contribution in [0, 0.1) is 26.6 Å². The van der Waals surface area contributed by atoms with Crippen LogP contribution in [0.3, 0.4) is 0 Å².